The first-order valence-corrected chi connectivity index (χ1v) is 6.41. The molecule has 0 saturated carbocycles. The van der Waals surface area contributed by atoms with Crippen molar-refractivity contribution in [2.24, 2.45) is 11.1 Å². The maximum atomic E-state index is 11.6. The summed E-state index contributed by atoms with van der Waals surface area (Å²) < 4.78 is 0. The molecule has 0 bridgehead atoms. The molecule has 0 aliphatic heterocycles. The third-order valence-electron chi connectivity index (χ3n) is 3.28. The number of carbonyl (C=O) groups excluding carboxylic acids is 1. The molecule has 0 aromatic carbocycles. The second kappa shape index (κ2) is 6.97. The lowest BCUT2D eigenvalue weighted by Crippen LogP contribution is -2.40. The van der Waals surface area contributed by atoms with Gasteiger partial charge in [-0.3, -0.25) is 4.79 Å². The molecule has 102 valence electrons. The molecule has 0 saturated heterocycles. The first-order valence-electron chi connectivity index (χ1n) is 6.41. The van der Waals surface area contributed by atoms with Crippen LogP contribution in [0.25, 0.3) is 0 Å². The van der Waals surface area contributed by atoms with Crippen LogP contribution in [0.15, 0.2) is 0 Å². The van der Waals surface area contributed by atoms with E-state index >= 15 is 0 Å². The molecular formula is C13H28N2O2. The van der Waals surface area contributed by atoms with Crippen LogP contribution < -0.4 is 11.1 Å². The van der Waals surface area contributed by atoms with Crippen LogP contribution in [-0.2, 0) is 4.79 Å². The molecule has 0 spiro atoms. The van der Waals surface area contributed by atoms with Crippen molar-refractivity contribution in [1.29, 1.82) is 0 Å². The monoisotopic (exact) mass is 244 g/mol. The standard InChI is InChI=1S/C13H28N2O2/c1-5-13(4,17)10-15-11(16)6-7-12(2,3)8-9-14/h17H,5-10,14H2,1-4H3,(H,15,16). The van der Waals surface area contributed by atoms with Crippen LogP contribution in [0.3, 0.4) is 0 Å². The van der Waals surface area contributed by atoms with Crippen LogP contribution in [0.4, 0.5) is 0 Å². The molecule has 1 unspecified atom stereocenters. The summed E-state index contributed by atoms with van der Waals surface area (Å²) in [6.07, 6.45) is 2.87. The number of hydrogen-bond donors (Lipinski definition) is 3. The summed E-state index contributed by atoms with van der Waals surface area (Å²) in [5, 5.41) is 12.5. The molecule has 0 rings (SSSR count). The molecule has 4 nitrogen and oxygen atoms in total. The smallest absolute Gasteiger partial charge is 0.220 e. The van der Waals surface area contributed by atoms with E-state index in [2.05, 4.69) is 19.2 Å². The van der Waals surface area contributed by atoms with Crippen molar-refractivity contribution in [1.82, 2.24) is 5.32 Å². The second-order valence-corrected chi connectivity index (χ2v) is 5.83. The lowest BCUT2D eigenvalue weighted by Gasteiger charge is -2.24. The average molecular weight is 244 g/mol. The first kappa shape index (κ1) is 16.4. The van der Waals surface area contributed by atoms with Crippen molar-refractivity contribution in [3.8, 4) is 0 Å². The number of rotatable bonds is 8. The summed E-state index contributed by atoms with van der Waals surface area (Å²) in [5.41, 5.74) is 4.83. The van der Waals surface area contributed by atoms with Crippen molar-refractivity contribution in [3.63, 3.8) is 0 Å². The van der Waals surface area contributed by atoms with Crippen molar-refractivity contribution >= 4 is 5.91 Å². The van der Waals surface area contributed by atoms with Gasteiger partial charge < -0.3 is 16.2 Å². The van der Waals surface area contributed by atoms with Crippen molar-refractivity contribution in [3.05, 3.63) is 0 Å². The third kappa shape index (κ3) is 8.16. The summed E-state index contributed by atoms with van der Waals surface area (Å²) in [5.74, 6) is 0.00354. The normalized spacial score (nSPS) is 15.4. The highest BCUT2D eigenvalue weighted by Crippen LogP contribution is 2.25. The van der Waals surface area contributed by atoms with E-state index in [0.29, 0.717) is 25.9 Å². The minimum Gasteiger partial charge on any atom is -0.388 e. The Balaban J connectivity index is 3.88. The average Bonchev–Trinajstić information content (AvgIpc) is 2.24. The molecule has 0 aliphatic carbocycles. The summed E-state index contributed by atoms with van der Waals surface area (Å²) in [4.78, 5) is 11.6. The first-order chi connectivity index (χ1) is 7.72. The van der Waals surface area contributed by atoms with E-state index in [1.54, 1.807) is 6.92 Å². The Morgan fingerprint density at radius 3 is 2.35 bits per heavy atom. The maximum absolute atomic E-state index is 11.6. The molecule has 0 fully saturated rings. The molecule has 0 aromatic heterocycles. The zero-order valence-electron chi connectivity index (χ0n) is 11.7. The van der Waals surface area contributed by atoms with Gasteiger partial charge in [0, 0.05) is 13.0 Å². The zero-order chi connectivity index (χ0) is 13.5. The van der Waals surface area contributed by atoms with Gasteiger partial charge >= 0.3 is 0 Å². The molecule has 0 heterocycles. The van der Waals surface area contributed by atoms with Crippen LogP contribution >= 0.6 is 0 Å². The fourth-order valence-corrected chi connectivity index (χ4v) is 1.47. The molecular weight excluding hydrogens is 216 g/mol. The number of nitrogens with two attached hydrogens (primary N) is 1. The highest BCUT2D eigenvalue weighted by molar-refractivity contribution is 5.75. The topological polar surface area (TPSA) is 75.3 Å². The van der Waals surface area contributed by atoms with Gasteiger partial charge in [-0.15, -0.1) is 0 Å². The predicted octanol–water partition coefficient (Wildman–Crippen LogP) is 1.42. The van der Waals surface area contributed by atoms with Crippen LogP contribution in [-0.4, -0.2) is 29.7 Å². The van der Waals surface area contributed by atoms with E-state index in [4.69, 9.17) is 5.73 Å². The largest absolute Gasteiger partial charge is 0.388 e. The molecule has 1 atom stereocenters. The Hall–Kier alpha value is -0.610. The van der Waals surface area contributed by atoms with Crippen molar-refractivity contribution < 1.29 is 9.90 Å². The number of carbonyl (C=O) groups is 1. The van der Waals surface area contributed by atoms with Gasteiger partial charge in [-0.25, -0.2) is 0 Å². The summed E-state index contributed by atoms with van der Waals surface area (Å²) in [7, 11) is 0. The Morgan fingerprint density at radius 1 is 1.29 bits per heavy atom. The van der Waals surface area contributed by atoms with E-state index in [0.717, 1.165) is 12.8 Å². The Bertz CT molecular complexity index is 238. The summed E-state index contributed by atoms with van der Waals surface area (Å²) in [6.45, 7) is 8.84. The number of hydrogen-bond acceptors (Lipinski definition) is 3. The van der Waals surface area contributed by atoms with Gasteiger partial charge in [0.05, 0.1) is 5.60 Å². The van der Waals surface area contributed by atoms with Crippen LogP contribution in [0, 0.1) is 5.41 Å². The Morgan fingerprint density at radius 2 is 1.88 bits per heavy atom. The third-order valence-corrected chi connectivity index (χ3v) is 3.28. The fourth-order valence-electron chi connectivity index (χ4n) is 1.47. The predicted molar refractivity (Wildman–Crippen MR) is 70.6 cm³/mol. The number of nitrogens with one attached hydrogen (secondary N) is 1. The molecule has 0 aromatic rings. The molecule has 4 N–H and O–H groups in total. The second-order valence-electron chi connectivity index (χ2n) is 5.83. The van der Waals surface area contributed by atoms with Crippen LogP contribution in [0.5, 0.6) is 0 Å². The van der Waals surface area contributed by atoms with Gasteiger partial charge in [-0.1, -0.05) is 20.8 Å². The van der Waals surface area contributed by atoms with Gasteiger partial charge in [-0.2, -0.15) is 0 Å². The van der Waals surface area contributed by atoms with E-state index in [1.165, 1.54) is 0 Å². The fraction of sp³-hybridized carbons (Fsp3) is 0.923. The van der Waals surface area contributed by atoms with Gasteiger partial charge in [0.15, 0.2) is 0 Å². The lowest BCUT2D eigenvalue weighted by atomic mass is 9.84. The van der Waals surface area contributed by atoms with Gasteiger partial charge in [0.1, 0.15) is 0 Å². The molecule has 0 aliphatic rings. The van der Waals surface area contributed by atoms with Crippen LogP contribution in [0.2, 0.25) is 0 Å². The summed E-state index contributed by atoms with van der Waals surface area (Å²) in [6, 6.07) is 0. The molecule has 0 radical (unpaired) electrons. The van der Waals surface area contributed by atoms with Gasteiger partial charge in [-0.05, 0) is 38.1 Å². The molecule has 4 heteroatoms. The number of aliphatic hydroxyl groups is 1. The van der Waals surface area contributed by atoms with Crippen molar-refractivity contribution in [2.75, 3.05) is 13.1 Å². The summed E-state index contributed by atoms with van der Waals surface area (Å²) >= 11 is 0. The van der Waals surface area contributed by atoms with Crippen molar-refractivity contribution in [2.45, 2.75) is 59.0 Å². The minimum atomic E-state index is -0.803. The molecule has 1 amide bonds. The van der Waals surface area contributed by atoms with E-state index in [-0.39, 0.29) is 11.3 Å². The van der Waals surface area contributed by atoms with E-state index in [9.17, 15) is 9.90 Å². The molecule has 17 heavy (non-hydrogen) atoms. The highest BCUT2D eigenvalue weighted by atomic mass is 16.3. The zero-order valence-corrected chi connectivity index (χ0v) is 11.7. The minimum absolute atomic E-state index is 0.00354. The van der Waals surface area contributed by atoms with E-state index < -0.39 is 5.60 Å². The Kier molecular flexibility index (Phi) is 6.72. The van der Waals surface area contributed by atoms with Crippen LogP contribution in [0.1, 0.15) is 53.4 Å². The van der Waals surface area contributed by atoms with Gasteiger partial charge in [0.25, 0.3) is 0 Å². The highest BCUT2D eigenvalue weighted by Gasteiger charge is 2.21. The SMILES string of the molecule is CCC(C)(O)CNC(=O)CCC(C)(C)CCN. The van der Waals surface area contributed by atoms with Gasteiger partial charge in [0.2, 0.25) is 5.91 Å². The quantitative estimate of drug-likeness (QED) is 0.604. The van der Waals surface area contributed by atoms with E-state index in [1.807, 2.05) is 6.92 Å². The maximum Gasteiger partial charge on any atom is 0.220 e. The Labute approximate surface area is 105 Å². The number of amides is 1. The lowest BCUT2D eigenvalue weighted by molar-refractivity contribution is -0.122.